The Morgan fingerprint density at radius 3 is 2.57 bits per heavy atom. The molecule has 0 unspecified atom stereocenters. The number of benzene rings is 3. The van der Waals surface area contributed by atoms with Gasteiger partial charge in [0.1, 0.15) is 5.52 Å². The third-order valence-corrected chi connectivity index (χ3v) is 5.10. The zero-order valence-corrected chi connectivity index (χ0v) is 17.5. The lowest BCUT2D eigenvalue weighted by atomic mass is 10.2. The smallest absolute Gasteiger partial charge is 0.227 e. The molecule has 0 bridgehead atoms. The topological polar surface area (TPSA) is 38.4 Å². The lowest BCUT2D eigenvalue weighted by Gasteiger charge is -1.97. The first kappa shape index (κ1) is 18.9. The summed E-state index contributed by atoms with van der Waals surface area (Å²) in [6, 6.07) is 18.9. The van der Waals surface area contributed by atoms with Crippen molar-refractivity contribution < 1.29 is 4.42 Å². The quantitative estimate of drug-likeness (QED) is 0.283. The molecule has 3 aromatic carbocycles. The molecule has 0 amide bonds. The summed E-state index contributed by atoms with van der Waals surface area (Å²) in [5.41, 5.74) is 4.07. The molecule has 0 aliphatic rings. The van der Waals surface area contributed by atoms with Gasteiger partial charge in [-0.15, -0.1) is 0 Å². The van der Waals surface area contributed by atoms with Crippen molar-refractivity contribution in [1.82, 2.24) is 4.98 Å². The fraction of sp³-hybridized carbons (Fsp3) is 0. The molecule has 1 aromatic heterocycles. The van der Waals surface area contributed by atoms with Crippen molar-refractivity contribution in [3.8, 4) is 11.5 Å². The largest absolute Gasteiger partial charge is 0.436 e. The number of rotatable bonds is 4. The second-order valence-corrected chi connectivity index (χ2v) is 7.74. The van der Waals surface area contributed by atoms with Gasteiger partial charge >= 0.3 is 0 Å². The predicted octanol–water partition coefficient (Wildman–Crippen LogP) is 7.98. The van der Waals surface area contributed by atoms with Gasteiger partial charge in [-0.05, 0) is 66.2 Å². The van der Waals surface area contributed by atoms with Crippen LogP contribution < -0.4 is 0 Å². The molecule has 28 heavy (non-hydrogen) atoms. The molecule has 0 aliphatic heterocycles. The average molecular weight is 472 g/mol. The molecule has 0 radical (unpaired) electrons. The Balaban J connectivity index is 1.53. The zero-order valence-electron chi connectivity index (χ0n) is 14.4. The third-order valence-electron chi connectivity index (χ3n) is 4.01. The van der Waals surface area contributed by atoms with Gasteiger partial charge in [0.2, 0.25) is 5.89 Å². The summed E-state index contributed by atoms with van der Waals surface area (Å²) < 4.78 is 6.85. The second-order valence-electron chi connectivity index (χ2n) is 5.98. The molecular formula is C22H13BrCl2N2O. The molecule has 0 N–H and O–H groups in total. The van der Waals surface area contributed by atoms with E-state index in [1.807, 2.05) is 60.7 Å². The molecule has 0 spiro atoms. The average Bonchev–Trinajstić information content (AvgIpc) is 3.10. The van der Waals surface area contributed by atoms with Crippen molar-refractivity contribution in [2.75, 3.05) is 0 Å². The number of hydrogen-bond donors (Lipinski definition) is 0. The van der Waals surface area contributed by atoms with E-state index in [2.05, 4.69) is 25.9 Å². The maximum absolute atomic E-state index is 6.15. The number of nitrogens with zero attached hydrogens (tertiary/aromatic N) is 2. The molecule has 4 rings (SSSR count). The number of aliphatic imine (C=N–C) groups is 1. The molecule has 0 aliphatic carbocycles. The van der Waals surface area contributed by atoms with E-state index < -0.39 is 0 Å². The third kappa shape index (κ3) is 4.36. The number of fused-ring (bicyclic) bond motifs is 1. The van der Waals surface area contributed by atoms with Gasteiger partial charge in [-0.3, -0.25) is 4.99 Å². The normalized spacial score (nSPS) is 11.8. The van der Waals surface area contributed by atoms with E-state index in [-0.39, 0.29) is 0 Å². The Morgan fingerprint density at radius 1 is 0.964 bits per heavy atom. The lowest BCUT2D eigenvalue weighted by molar-refractivity contribution is 0.620. The molecule has 6 heteroatoms. The van der Waals surface area contributed by atoms with E-state index in [1.54, 1.807) is 18.3 Å². The first-order valence-corrected chi connectivity index (χ1v) is 9.96. The molecule has 0 fully saturated rings. The van der Waals surface area contributed by atoms with Crippen molar-refractivity contribution in [1.29, 1.82) is 0 Å². The summed E-state index contributed by atoms with van der Waals surface area (Å²) in [6.45, 7) is 0. The SMILES string of the molecule is Clc1ccc(/C=C/C=Nc2ccc3oc(-c4ccc(Br)cc4)nc3c2)c(Cl)c1. The van der Waals surface area contributed by atoms with Crippen molar-refractivity contribution >= 4 is 68.2 Å². The first-order valence-electron chi connectivity index (χ1n) is 8.41. The maximum Gasteiger partial charge on any atom is 0.227 e. The monoisotopic (exact) mass is 470 g/mol. The Morgan fingerprint density at radius 2 is 1.79 bits per heavy atom. The summed E-state index contributed by atoms with van der Waals surface area (Å²) in [6.07, 6.45) is 5.42. The van der Waals surface area contributed by atoms with Crippen LogP contribution in [-0.4, -0.2) is 11.2 Å². The lowest BCUT2D eigenvalue weighted by Crippen LogP contribution is -1.76. The van der Waals surface area contributed by atoms with Crippen LogP contribution in [0.4, 0.5) is 5.69 Å². The minimum absolute atomic E-state index is 0.584. The number of halogens is 3. The Hall–Kier alpha value is -2.40. The number of aromatic nitrogens is 1. The zero-order chi connectivity index (χ0) is 19.5. The Kier molecular flexibility index (Phi) is 5.62. The van der Waals surface area contributed by atoms with E-state index in [4.69, 9.17) is 27.6 Å². The van der Waals surface area contributed by atoms with Crippen molar-refractivity contribution in [3.63, 3.8) is 0 Å². The van der Waals surface area contributed by atoms with E-state index in [1.165, 1.54) is 0 Å². The minimum Gasteiger partial charge on any atom is -0.436 e. The van der Waals surface area contributed by atoms with Crippen LogP contribution in [0.5, 0.6) is 0 Å². The summed E-state index contributed by atoms with van der Waals surface area (Å²) in [5.74, 6) is 0.584. The van der Waals surface area contributed by atoms with Crippen molar-refractivity contribution in [2.45, 2.75) is 0 Å². The molecule has 0 atom stereocenters. The fourth-order valence-electron chi connectivity index (χ4n) is 2.62. The summed E-state index contributed by atoms with van der Waals surface area (Å²) in [5, 5.41) is 1.21. The van der Waals surface area contributed by atoms with Crippen LogP contribution in [0.25, 0.3) is 28.6 Å². The molecule has 3 nitrogen and oxygen atoms in total. The van der Waals surface area contributed by atoms with Gasteiger partial charge in [0.15, 0.2) is 5.58 Å². The van der Waals surface area contributed by atoms with Crippen LogP contribution in [-0.2, 0) is 0 Å². The van der Waals surface area contributed by atoms with Gasteiger partial charge in [0.05, 0.1) is 5.69 Å². The number of allylic oxidation sites excluding steroid dienone is 1. The summed E-state index contributed by atoms with van der Waals surface area (Å²) in [4.78, 5) is 9.01. The summed E-state index contributed by atoms with van der Waals surface area (Å²) in [7, 11) is 0. The Bertz CT molecular complexity index is 1200. The molecule has 1 heterocycles. The van der Waals surface area contributed by atoms with Gasteiger partial charge in [-0.1, -0.05) is 51.3 Å². The van der Waals surface area contributed by atoms with Crippen LogP contribution in [0.1, 0.15) is 5.56 Å². The van der Waals surface area contributed by atoms with Crippen molar-refractivity contribution in [3.05, 3.63) is 86.8 Å². The van der Waals surface area contributed by atoms with Gasteiger partial charge < -0.3 is 4.42 Å². The molecule has 0 saturated heterocycles. The van der Waals surface area contributed by atoms with E-state index >= 15 is 0 Å². The Labute approximate surface area is 180 Å². The highest BCUT2D eigenvalue weighted by atomic mass is 79.9. The number of hydrogen-bond acceptors (Lipinski definition) is 3. The molecular weight excluding hydrogens is 459 g/mol. The van der Waals surface area contributed by atoms with E-state index in [0.717, 1.165) is 32.4 Å². The molecule has 138 valence electrons. The van der Waals surface area contributed by atoms with Crippen LogP contribution in [0.3, 0.4) is 0 Å². The summed E-state index contributed by atoms with van der Waals surface area (Å²) >= 11 is 15.5. The van der Waals surface area contributed by atoms with E-state index in [9.17, 15) is 0 Å². The second kappa shape index (κ2) is 8.31. The van der Waals surface area contributed by atoms with Crippen LogP contribution in [0.15, 0.2) is 80.6 Å². The van der Waals surface area contributed by atoms with Crippen molar-refractivity contribution in [2.24, 2.45) is 4.99 Å². The molecule has 4 aromatic rings. The number of oxazole rings is 1. The van der Waals surface area contributed by atoms with Gasteiger partial charge in [0.25, 0.3) is 0 Å². The highest BCUT2D eigenvalue weighted by molar-refractivity contribution is 9.10. The maximum atomic E-state index is 6.15. The minimum atomic E-state index is 0.584. The first-order chi connectivity index (χ1) is 13.6. The highest BCUT2D eigenvalue weighted by Gasteiger charge is 2.08. The highest BCUT2D eigenvalue weighted by Crippen LogP contribution is 2.28. The molecule has 0 saturated carbocycles. The van der Waals surface area contributed by atoms with Gasteiger partial charge in [0, 0.05) is 26.3 Å². The van der Waals surface area contributed by atoms with Crippen LogP contribution in [0.2, 0.25) is 10.0 Å². The van der Waals surface area contributed by atoms with Crippen LogP contribution in [0, 0.1) is 0 Å². The fourth-order valence-corrected chi connectivity index (χ4v) is 3.36. The predicted molar refractivity (Wildman–Crippen MR) is 121 cm³/mol. The standard InChI is InChI=1S/C22H13BrCl2N2O/c23-16-6-3-15(4-7-16)22-27-20-13-18(9-10-21(20)28-22)26-11-1-2-14-5-8-17(24)12-19(14)25/h1-13H/b2-1+,26-11?. The van der Waals surface area contributed by atoms with Crippen LogP contribution >= 0.6 is 39.1 Å². The van der Waals surface area contributed by atoms with Gasteiger partial charge in [-0.2, -0.15) is 0 Å². The van der Waals surface area contributed by atoms with E-state index in [0.29, 0.717) is 15.9 Å². The van der Waals surface area contributed by atoms with Gasteiger partial charge in [-0.25, -0.2) is 4.98 Å².